The number of benzene rings is 2. The molecule has 0 aliphatic carbocycles. The van der Waals surface area contributed by atoms with E-state index in [1.54, 1.807) is 0 Å². The molecule has 0 aliphatic heterocycles. The molecule has 1 amide bonds. The van der Waals surface area contributed by atoms with Crippen LogP contribution in [0, 0.1) is 21.7 Å². The van der Waals surface area contributed by atoms with Gasteiger partial charge in [-0.15, -0.1) is 0 Å². The number of nitro groups is 1. The summed E-state index contributed by atoms with van der Waals surface area (Å²) in [6.07, 6.45) is -1.17. The molecule has 0 spiro atoms. The fraction of sp³-hybridized carbons (Fsp3) is 0.188. The Labute approximate surface area is 141 Å². The lowest BCUT2D eigenvalue weighted by molar-refractivity contribution is -0.386. The summed E-state index contributed by atoms with van der Waals surface area (Å²) in [5.41, 5.74) is -0.613. The number of ether oxygens (including phenoxy) is 2. The van der Waals surface area contributed by atoms with Gasteiger partial charge in [0.15, 0.2) is 11.9 Å². The minimum Gasteiger partial charge on any atom is -0.496 e. The Morgan fingerprint density at radius 3 is 2.56 bits per heavy atom. The van der Waals surface area contributed by atoms with E-state index >= 15 is 0 Å². The molecular weight excluding hydrogens is 338 g/mol. The number of nitrogens with zero attached hydrogens (tertiary/aromatic N) is 1. The average molecular weight is 352 g/mol. The topological polar surface area (TPSA) is 90.7 Å². The summed E-state index contributed by atoms with van der Waals surface area (Å²) in [5.74, 6) is -2.38. The summed E-state index contributed by atoms with van der Waals surface area (Å²) in [7, 11) is 1.35. The summed E-state index contributed by atoms with van der Waals surface area (Å²) in [6, 6.07) is 6.55. The van der Waals surface area contributed by atoms with Crippen molar-refractivity contribution in [2.24, 2.45) is 0 Å². The van der Waals surface area contributed by atoms with Gasteiger partial charge in [0.2, 0.25) is 0 Å². The van der Waals surface area contributed by atoms with Crippen molar-refractivity contribution in [1.29, 1.82) is 0 Å². The van der Waals surface area contributed by atoms with Gasteiger partial charge in [-0.3, -0.25) is 14.9 Å². The number of nitro benzene ring substituents is 1. The number of carbonyl (C=O) groups excluding carboxylic acids is 1. The molecule has 7 nitrogen and oxygen atoms in total. The number of hydrogen-bond donors (Lipinski definition) is 1. The standard InChI is InChI=1S/C16H14F2N2O5/c1-9(16(21)19-13-5-3-10(17)7-12(13)18)25-15-6-4-11(24-2)8-14(15)20(22)23/h3-9H,1-2H3,(H,19,21)/t9-/m0/s1. The van der Waals surface area contributed by atoms with E-state index in [-0.39, 0.29) is 22.9 Å². The van der Waals surface area contributed by atoms with Crippen molar-refractivity contribution < 1.29 is 28.0 Å². The van der Waals surface area contributed by atoms with Gasteiger partial charge in [-0.05, 0) is 31.2 Å². The predicted octanol–water partition coefficient (Wildman–Crippen LogP) is 3.29. The van der Waals surface area contributed by atoms with Crippen molar-refractivity contribution in [2.75, 3.05) is 12.4 Å². The Morgan fingerprint density at radius 2 is 1.96 bits per heavy atom. The largest absolute Gasteiger partial charge is 0.496 e. The Morgan fingerprint density at radius 1 is 1.24 bits per heavy atom. The number of nitrogens with one attached hydrogen (secondary N) is 1. The van der Waals surface area contributed by atoms with Crippen LogP contribution in [-0.2, 0) is 4.79 Å². The van der Waals surface area contributed by atoms with Gasteiger partial charge in [0.05, 0.1) is 23.8 Å². The van der Waals surface area contributed by atoms with Crippen LogP contribution in [0.1, 0.15) is 6.92 Å². The maximum Gasteiger partial charge on any atom is 0.314 e. The lowest BCUT2D eigenvalue weighted by Crippen LogP contribution is -2.30. The van der Waals surface area contributed by atoms with E-state index in [0.29, 0.717) is 6.07 Å². The van der Waals surface area contributed by atoms with Crippen molar-refractivity contribution in [3.63, 3.8) is 0 Å². The second-order valence-corrected chi connectivity index (χ2v) is 4.96. The zero-order valence-electron chi connectivity index (χ0n) is 13.3. The maximum absolute atomic E-state index is 13.6. The van der Waals surface area contributed by atoms with Crippen LogP contribution in [0.4, 0.5) is 20.2 Å². The zero-order chi connectivity index (χ0) is 18.6. The first-order valence-electron chi connectivity index (χ1n) is 7.07. The molecule has 2 rings (SSSR count). The van der Waals surface area contributed by atoms with Crippen molar-refractivity contribution in [3.8, 4) is 11.5 Å². The van der Waals surface area contributed by atoms with Gasteiger partial charge in [0, 0.05) is 6.07 Å². The average Bonchev–Trinajstić information content (AvgIpc) is 2.57. The first-order chi connectivity index (χ1) is 11.8. The summed E-state index contributed by atoms with van der Waals surface area (Å²) >= 11 is 0. The molecule has 9 heteroatoms. The van der Waals surface area contributed by atoms with Crippen LogP contribution in [0.3, 0.4) is 0 Å². The van der Waals surface area contributed by atoms with Gasteiger partial charge in [-0.25, -0.2) is 8.78 Å². The summed E-state index contributed by atoms with van der Waals surface area (Å²) in [5, 5.41) is 13.3. The molecule has 0 saturated carbocycles. The third-order valence-electron chi connectivity index (χ3n) is 3.22. The highest BCUT2D eigenvalue weighted by atomic mass is 19.1. The molecule has 1 N–H and O–H groups in total. The summed E-state index contributed by atoms with van der Waals surface area (Å²) < 4.78 is 36.6. The van der Waals surface area contributed by atoms with Crippen molar-refractivity contribution in [2.45, 2.75) is 13.0 Å². The van der Waals surface area contributed by atoms with Crippen LogP contribution in [0.5, 0.6) is 11.5 Å². The van der Waals surface area contributed by atoms with Gasteiger partial charge in [0.1, 0.15) is 17.4 Å². The second-order valence-electron chi connectivity index (χ2n) is 4.96. The lowest BCUT2D eigenvalue weighted by Gasteiger charge is -2.15. The first-order valence-corrected chi connectivity index (χ1v) is 7.07. The van der Waals surface area contributed by atoms with Crippen LogP contribution in [0.15, 0.2) is 36.4 Å². The number of halogens is 2. The number of hydrogen-bond acceptors (Lipinski definition) is 5. The summed E-state index contributed by atoms with van der Waals surface area (Å²) in [4.78, 5) is 22.5. The van der Waals surface area contributed by atoms with Gasteiger partial charge in [-0.2, -0.15) is 0 Å². The number of rotatable bonds is 6. The molecule has 0 unspecified atom stereocenters. The molecule has 0 aliphatic rings. The highest BCUT2D eigenvalue weighted by molar-refractivity contribution is 5.94. The third-order valence-corrected chi connectivity index (χ3v) is 3.22. The van der Waals surface area contributed by atoms with E-state index < -0.39 is 28.6 Å². The number of methoxy groups -OCH3 is 1. The molecule has 0 heterocycles. The highest BCUT2D eigenvalue weighted by Crippen LogP contribution is 2.31. The van der Waals surface area contributed by atoms with Crippen LogP contribution >= 0.6 is 0 Å². The molecule has 2 aromatic rings. The second kappa shape index (κ2) is 7.56. The lowest BCUT2D eigenvalue weighted by atomic mass is 10.2. The molecule has 0 aromatic heterocycles. The smallest absolute Gasteiger partial charge is 0.314 e. The maximum atomic E-state index is 13.6. The summed E-state index contributed by atoms with van der Waals surface area (Å²) in [6.45, 7) is 1.34. The Kier molecular flexibility index (Phi) is 5.48. The van der Waals surface area contributed by atoms with Gasteiger partial charge in [-0.1, -0.05) is 0 Å². The van der Waals surface area contributed by atoms with E-state index in [9.17, 15) is 23.7 Å². The highest BCUT2D eigenvalue weighted by Gasteiger charge is 2.22. The molecular formula is C16H14F2N2O5. The minimum atomic E-state index is -1.17. The fourth-order valence-corrected chi connectivity index (χ4v) is 1.94. The van der Waals surface area contributed by atoms with Crippen LogP contribution in [0.25, 0.3) is 0 Å². The molecule has 1 atom stereocenters. The predicted molar refractivity (Wildman–Crippen MR) is 84.7 cm³/mol. The van der Waals surface area contributed by atoms with Gasteiger partial charge < -0.3 is 14.8 Å². The Bertz CT molecular complexity index is 813. The van der Waals surface area contributed by atoms with Crippen LogP contribution in [-0.4, -0.2) is 24.0 Å². The van der Waals surface area contributed by atoms with E-state index in [1.807, 2.05) is 0 Å². The number of amides is 1. The molecule has 0 fully saturated rings. The molecule has 25 heavy (non-hydrogen) atoms. The molecule has 132 valence electrons. The van der Waals surface area contributed by atoms with Crippen molar-refractivity contribution in [1.82, 2.24) is 0 Å². The molecule has 2 aromatic carbocycles. The van der Waals surface area contributed by atoms with E-state index in [2.05, 4.69) is 5.32 Å². The first kappa shape index (κ1) is 18.1. The molecule has 0 radical (unpaired) electrons. The number of carbonyl (C=O) groups is 1. The molecule has 0 bridgehead atoms. The molecule has 0 saturated heterocycles. The Hall–Kier alpha value is -3.23. The van der Waals surface area contributed by atoms with E-state index in [1.165, 1.54) is 26.2 Å². The van der Waals surface area contributed by atoms with Crippen molar-refractivity contribution >= 4 is 17.3 Å². The number of anilines is 1. The van der Waals surface area contributed by atoms with E-state index in [4.69, 9.17) is 9.47 Å². The van der Waals surface area contributed by atoms with Gasteiger partial charge >= 0.3 is 5.69 Å². The fourth-order valence-electron chi connectivity index (χ4n) is 1.94. The van der Waals surface area contributed by atoms with Crippen LogP contribution in [0.2, 0.25) is 0 Å². The third kappa shape index (κ3) is 4.40. The van der Waals surface area contributed by atoms with Crippen LogP contribution < -0.4 is 14.8 Å². The minimum absolute atomic E-state index is 0.145. The SMILES string of the molecule is COc1ccc(O[C@@H](C)C(=O)Nc2ccc(F)cc2F)c([N+](=O)[O-])c1. The van der Waals surface area contributed by atoms with E-state index in [0.717, 1.165) is 18.2 Å². The van der Waals surface area contributed by atoms with Gasteiger partial charge in [0.25, 0.3) is 5.91 Å². The Balaban J connectivity index is 2.14. The zero-order valence-corrected chi connectivity index (χ0v) is 13.3. The van der Waals surface area contributed by atoms with Crippen molar-refractivity contribution in [3.05, 3.63) is 58.1 Å². The monoisotopic (exact) mass is 352 g/mol. The normalized spacial score (nSPS) is 11.5. The quantitative estimate of drug-likeness (QED) is 0.636.